The fraction of sp³-hybridized carbons (Fsp3) is 0.222. The van der Waals surface area contributed by atoms with Crippen LogP contribution in [0.2, 0.25) is 0 Å². The first-order valence-electron chi connectivity index (χ1n) is 4.07. The van der Waals surface area contributed by atoms with Crippen LogP contribution in [-0.4, -0.2) is 18.0 Å². The van der Waals surface area contributed by atoms with Crippen LogP contribution in [0.1, 0.15) is 15.9 Å². The molecule has 1 aromatic carbocycles. The molecule has 80 valence electrons. The van der Waals surface area contributed by atoms with Crippen molar-refractivity contribution in [1.82, 2.24) is 0 Å². The highest BCUT2D eigenvalue weighted by atomic mass is 31.1. The Morgan fingerprint density at radius 1 is 1.47 bits per heavy atom. The average Bonchev–Trinajstić information content (AvgIpc) is 2.16. The lowest BCUT2D eigenvalue weighted by molar-refractivity contribution is 0.0600. The molecule has 1 atom stereocenters. The van der Waals surface area contributed by atoms with Gasteiger partial charge < -0.3 is 4.74 Å². The number of carbonyl (C=O) groups is 1. The second-order valence-electron chi connectivity index (χ2n) is 2.80. The molecule has 0 saturated heterocycles. The monoisotopic (exact) mass is 229 g/mol. The third kappa shape index (κ3) is 3.01. The number of ether oxygens (including phenoxy) is 1. The molecule has 0 aliphatic heterocycles. The van der Waals surface area contributed by atoms with Crippen molar-refractivity contribution >= 4 is 14.2 Å². The van der Waals surface area contributed by atoms with Crippen molar-refractivity contribution in [2.45, 2.75) is 6.92 Å². The normalized spacial score (nSPS) is 10.7. The third-order valence-corrected chi connectivity index (χ3v) is 2.15. The second-order valence-corrected chi connectivity index (χ2v) is 3.46. The van der Waals surface area contributed by atoms with Crippen LogP contribution in [0.15, 0.2) is 18.2 Å². The molecule has 0 fully saturated rings. The largest absolute Gasteiger partial charge is 0.747 e. The molecule has 1 aromatic rings. The standard InChI is InChI=1S/C9H9O5P/c1-6-5-7(14-15(11)12)3-4-8(6)9(10)13-2/h3-5H,1-2H3/p+1. The fourth-order valence-corrected chi connectivity index (χ4v) is 1.42. The molecule has 0 aliphatic carbocycles. The van der Waals surface area contributed by atoms with E-state index >= 15 is 0 Å². The van der Waals surface area contributed by atoms with Crippen LogP contribution in [0.25, 0.3) is 0 Å². The van der Waals surface area contributed by atoms with E-state index in [1.165, 1.54) is 25.3 Å². The maximum Gasteiger partial charge on any atom is 0.747 e. The van der Waals surface area contributed by atoms with Gasteiger partial charge in [0.05, 0.1) is 12.7 Å². The Kier molecular flexibility index (Phi) is 3.77. The molecule has 1 N–H and O–H groups in total. The first kappa shape index (κ1) is 11.6. The van der Waals surface area contributed by atoms with Crippen molar-refractivity contribution < 1.29 is 23.5 Å². The van der Waals surface area contributed by atoms with Crippen LogP contribution < -0.4 is 4.52 Å². The van der Waals surface area contributed by atoms with Crippen LogP contribution in [0.4, 0.5) is 0 Å². The molecule has 5 nitrogen and oxygen atoms in total. The Morgan fingerprint density at radius 2 is 2.13 bits per heavy atom. The summed E-state index contributed by atoms with van der Waals surface area (Å²) in [6.45, 7) is 1.68. The van der Waals surface area contributed by atoms with Crippen LogP contribution in [0.3, 0.4) is 0 Å². The predicted octanol–water partition coefficient (Wildman–Crippen LogP) is 1.81. The minimum atomic E-state index is -2.68. The molecular weight excluding hydrogens is 219 g/mol. The van der Waals surface area contributed by atoms with Gasteiger partial charge in [0.15, 0.2) is 5.75 Å². The maximum atomic E-state index is 11.2. The van der Waals surface area contributed by atoms with E-state index in [-0.39, 0.29) is 5.75 Å². The molecule has 6 heteroatoms. The number of methoxy groups -OCH3 is 1. The minimum absolute atomic E-state index is 0.240. The molecular formula is C9H10O5P+. The SMILES string of the molecule is COC(=O)c1ccc(O[P+](=O)O)cc1C. The quantitative estimate of drug-likeness (QED) is 0.632. The third-order valence-electron chi connectivity index (χ3n) is 1.79. The Morgan fingerprint density at radius 3 is 2.60 bits per heavy atom. The highest BCUT2D eigenvalue weighted by molar-refractivity contribution is 7.32. The van der Waals surface area contributed by atoms with Crippen LogP contribution in [-0.2, 0) is 9.30 Å². The van der Waals surface area contributed by atoms with Gasteiger partial charge in [0.25, 0.3) is 0 Å². The molecule has 0 aliphatic rings. The van der Waals surface area contributed by atoms with Crippen molar-refractivity contribution in [3.8, 4) is 5.75 Å². The van der Waals surface area contributed by atoms with E-state index in [1.54, 1.807) is 6.92 Å². The summed E-state index contributed by atoms with van der Waals surface area (Å²) >= 11 is 0. The van der Waals surface area contributed by atoms with Gasteiger partial charge in [-0.15, -0.1) is 4.89 Å². The Balaban J connectivity index is 2.97. The number of hydrogen-bond acceptors (Lipinski definition) is 4. The summed E-state index contributed by atoms with van der Waals surface area (Å²) in [5, 5.41) is 0. The van der Waals surface area contributed by atoms with E-state index in [2.05, 4.69) is 9.26 Å². The number of aryl methyl sites for hydroxylation is 1. The highest BCUT2D eigenvalue weighted by Gasteiger charge is 2.16. The Bertz CT molecular complexity index is 401. The van der Waals surface area contributed by atoms with E-state index in [1.807, 2.05) is 0 Å². The maximum absolute atomic E-state index is 11.2. The zero-order valence-corrected chi connectivity index (χ0v) is 9.15. The first-order valence-corrected chi connectivity index (χ1v) is 5.20. The summed E-state index contributed by atoms with van der Waals surface area (Å²) in [4.78, 5) is 19.7. The topological polar surface area (TPSA) is 72.8 Å². The van der Waals surface area contributed by atoms with Crippen LogP contribution >= 0.6 is 8.25 Å². The van der Waals surface area contributed by atoms with Crippen molar-refractivity contribution in [3.63, 3.8) is 0 Å². The number of rotatable bonds is 3. The van der Waals surface area contributed by atoms with Gasteiger partial charge in [-0.05, 0) is 30.7 Å². The Labute approximate surface area is 87.6 Å². The van der Waals surface area contributed by atoms with Gasteiger partial charge in [-0.1, -0.05) is 0 Å². The van der Waals surface area contributed by atoms with Gasteiger partial charge in [0.2, 0.25) is 0 Å². The molecule has 0 bridgehead atoms. The zero-order chi connectivity index (χ0) is 11.4. The second kappa shape index (κ2) is 4.87. The summed E-state index contributed by atoms with van der Waals surface area (Å²) in [5.74, 6) is -0.212. The molecule has 1 unspecified atom stereocenters. The summed E-state index contributed by atoms with van der Waals surface area (Å²) in [6, 6.07) is 4.41. The minimum Gasteiger partial charge on any atom is -0.465 e. The van der Waals surface area contributed by atoms with E-state index in [4.69, 9.17) is 4.89 Å². The molecule has 0 amide bonds. The number of esters is 1. The molecule has 1 rings (SSSR count). The summed E-state index contributed by atoms with van der Waals surface area (Å²) in [5.41, 5.74) is 1.02. The molecule has 0 aromatic heterocycles. The molecule has 15 heavy (non-hydrogen) atoms. The van der Waals surface area contributed by atoms with Gasteiger partial charge >= 0.3 is 14.2 Å². The van der Waals surface area contributed by atoms with Crippen molar-refractivity contribution in [3.05, 3.63) is 29.3 Å². The predicted molar refractivity (Wildman–Crippen MR) is 53.0 cm³/mol. The summed E-state index contributed by atoms with van der Waals surface area (Å²) in [7, 11) is -1.40. The molecule has 0 spiro atoms. The van der Waals surface area contributed by atoms with E-state index in [0.717, 1.165) is 0 Å². The van der Waals surface area contributed by atoms with Gasteiger partial charge in [-0.2, -0.15) is 0 Å². The molecule has 0 heterocycles. The first-order chi connectivity index (χ1) is 7.04. The lowest BCUT2D eigenvalue weighted by Crippen LogP contribution is -2.03. The van der Waals surface area contributed by atoms with Gasteiger partial charge in [0, 0.05) is 4.57 Å². The van der Waals surface area contributed by atoms with Gasteiger partial charge in [-0.3, -0.25) is 0 Å². The van der Waals surface area contributed by atoms with Crippen molar-refractivity contribution in [1.29, 1.82) is 0 Å². The summed E-state index contributed by atoms with van der Waals surface area (Å²) in [6.07, 6.45) is 0. The van der Waals surface area contributed by atoms with Crippen molar-refractivity contribution in [2.75, 3.05) is 7.11 Å². The van der Waals surface area contributed by atoms with Crippen LogP contribution in [0, 0.1) is 6.92 Å². The lowest BCUT2D eigenvalue weighted by Gasteiger charge is -2.03. The fourth-order valence-electron chi connectivity index (χ4n) is 1.12. The average molecular weight is 229 g/mol. The number of carbonyl (C=O) groups excluding carboxylic acids is 1. The van der Waals surface area contributed by atoms with E-state index in [0.29, 0.717) is 11.1 Å². The smallest absolute Gasteiger partial charge is 0.465 e. The zero-order valence-electron chi connectivity index (χ0n) is 8.26. The summed E-state index contributed by atoms with van der Waals surface area (Å²) < 4.78 is 19.5. The molecule has 0 radical (unpaired) electrons. The van der Waals surface area contributed by atoms with E-state index < -0.39 is 14.2 Å². The molecule has 0 saturated carbocycles. The van der Waals surface area contributed by atoms with Crippen molar-refractivity contribution in [2.24, 2.45) is 0 Å². The van der Waals surface area contributed by atoms with Gasteiger partial charge in [0.1, 0.15) is 0 Å². The van der Waals surface area contributed by atoms with Crippen LogP contribution in [0.5, 0.6) is 5.75 Å². The van der Waals surface area contributed by atoms with E-state index in [9.17, 15) is 9.36 Å². The number of hydrogen-bond donors (Lipinski definition) is 1. The van der Waals surface area contributed by atoms with Gasteiger partial charge in [-0.25, -0.2) is 9.32 Å². The number of benzene rings is 1. The lowest BCUT2D eigenvalue weighted by atomic mass is 10.1. The Hall–Kier alpha value is -1.45. The highest BCUT2D eigenvalue weighted by Crippen LogP contribution is 2.25.